The molecule has 2 aromatic rings. The number of ether oxygens (including phenoxy) is 1. The van der Waals surface area contributed by atoms with Crippen molar-refractivity contribution in [1.82, 2.24) is 14.9 Å². The van der Waals surface area contributed by atoms with Crippen LogP contribution in [-0.4, -0.2) is 41.5 Å². The van der Waals surface area contributed by atoms with Crippen molar-refractivity contribution in [2.75, 3.05) is 20.7 Å². The molecule has 2 aromatic heterocycles. The lowest BCUT2D eigenvalue weighted by Gasteiger charge is -2.11. The Kier molecular flexibility index (Phi) is 3.10. The van der Waals surface area contributed by atoms with Crippen molar-refractivity contribution in [3.05, 3.63) is 16.8 Å². The number of hydrogen-bond acceptors (Lipinski definition) is 5. The summed E-state index contributed by atoms with van der Waals surface area (Å²) in [5.74, 6) is 0.471. The predicted molar refractivity (Wildman–Crippen MR) is 73.6 cm³/mol. The van der Waals surface area contributed by atoms with Gasteiger partial charge in [0.1, 0.15) is 11.2 Å². The van der Waals surface area contributed by atoms with Crippen molar-refractivity contribution >= 4 is 27.5 Å². The average Bonchev–Trinajstić information content (AvgIpc) is 2.95. The third-order valence-corrected chi connectivity index (χ3v) is 4.50. The van der Waals surface area contributed by atoms with Crippen LogP contribution in [0, 0.1) is 0 Å². The third-order valence-electron chi connectivity index (χ3n) is 3.30. The van der Waals surface area contributed by atoms with Gasteiger partial charge in [-0.25, -0.2) is 9.97 Å². The molecule has 0 aromatic carbocycles. The van der Waals surface area contributed by atoms with Crippen LogP contribution in [0.5, 0.6) is 5.88 Å². The fourth-order valence-corrected chi connectivity index (χ4v) is 3.49. The van der Waals surface area contributed by atoms with Gasteiger partial charge in [-0.15, -0.1) is 11.3 Å². The number of nitrogens with zero attached hydrogens (tertiary/aromatic N) is 3. The first kappa shape index (κ1) is 12.3. The van der Waals surface area contributed by atoms with E-state index in [1.54, 1.807) is 25.4 Å². The van der Waals surface area contributed by atoms with Crippen molar-refractivity contribution in [3.63, 3.8) is 0 Å². The van der Waals surface area contributed by atoms with Gasteiger partial charge in [0.05, 0.1) is 5.39 Å². The molecule has 0 bridgehead atoms. The summed E-state index contributed by atoms with van der Waals surface area (Å²) in [4.78, 5) is 23.9. The Morgan fingerprint density at radius 2 is 2.26 bits per heavy atom. The van der Waals surface area contributed by atoms with Crippen molar-refractivity contribution in [2.45, 2.75) is 19.3 Å². The van der Waals surface area contributed by atoms with Crippen molar-refractivity contribution in [2.24, 2.45) is 0 Å². The summed E-state index contributed by atoms with van der Waals surface area (Å²) < 4.78 is 5.59. The van der Waals surface area contributed by atoms with Crippen LogP contribution in [0.2, 0.25) is 0 Å². The summed E-state index contributed by atoms with van der Waals surface area (Å²) in [6.07, 6.45) is 4.86. The lowest BCUT2D eigenvalue weighted by molar-refractivity contribution is -0.130. The van der Waals surface area contributed by atoms with Gasteiger partial charge in [-0.1, -0.05) is 0 Å². The molecule has 0 atom stereocenters. The smallest absolute Gasteiger partial charge is 0.260 e. The van der Waals surface area contributed by atoms with Gasteiger partial charge in [-0.05, 0) is 24.8 Å². The van der Waals surface area contributed by atoms with E-state index < -0.39 is 0 Å². The van der Waals surface area contributed by atoms with Crippen LogP contribution in [0.1, 0.15) is 16.9 Å². The largest absolute Gasteiger partial charge is 0.467 e. The molecule has 0 spiro atoms. The number of thiophene rings is 1. The maximum atomic E-state index is 11.6. The zero-order chi connectivity index (χ0) is 13.4. The third kappa shape index (κ3) is 2.16. The first-order valence-electron chi connectivity index (χ1n) is 6.25. The van der Waals surface area contributed by atoms with E-state index >= 15 is 0 Å². The number of rotatable bonds is 3. The van der Waals surface area contributed by atoms with E-state index in [4.69, 9.17) is 4.74 Å². The maximum absolute atomic E-state index is 11.6. The lowest BCUT2D eigenvalue weighted by Crippen LogP contribution is -2.27. The van der Waals surface area contributed by atoms with E-state index in [1.165, 1.54) is 28.1 Å². The molecule has 1 amide bonds. The van der Waals surface area contributed by atoms with Gasteiger partial charge in [-0.3, -0.25) is 4.79 Å². The molecule has 0 unspecified atom stereocenters. The topological polar surface area (TPSA) is 55.3 Å². The van der Waals surface area contributed by atoms with Gasteiger partial charge in [0.15, 0.2) is 6.61 Å². The number of aromatic nitrogens is 2. The normalized spacial score (nSPS) is 13.6. The Bertz CT molecular complexity index is 636. The lowest BCUT2D eigenvalue weighted by atomic mass is 10.2. The zero-order valence-corrected chi connectivity index (χ0v) is 11.8. The Morgan fingerprint density at radius 1 is 1.42 bits per heavy atom. The van der Waals surface area contributed by atoms with E-state index in [0.717, 1.165) is 23.1 Å². The van der Waals surface area contributed by atoms with E-state index in [0.29, 0.717) is 5.88 Å². The minimum Gasteiger partial charge on any atom is -0.467 e. The van der Waals surface area contributed by atoms with Gasteiger partial charge in [0.25, 0.3) is 5.91 Å². The summed E-state index contributed by atoms with van der Waals surface area (Å²) in [5.41, 5.74) is 1.31. The van der Waals surface area contributed by atoms with Crippen LogP contribution in [-0.2, 0) is 17.6 Å². The number of carbonyl (C=O) groups is 1. The van der Waals surface area contributed by atoms with E-state index in [-0.39, 0.29) is 12.5 Å². The number of fused-ring (bicyclic) bond motifs is 3. The van der Waals surface area contributed by atoms with Crippen molar-refractivity contribution < 1.29 is 9.53 Å². The van der Waals surface area contributed by atoms with E-state index in [2.05, 4.69) is 9.97 Å². The maximum Gasteiger partial charge on any atom is 0.260 e. The van der Waals surface area contributed by atoms with Crippen LogP contribution < -0.4 is 4.74 Å². The van der Waals surface area contributed by atoms with Gasteiger partial charge >= 0.3 is 0 Å². The number of amides is 1. The summed E-state index contributed by atoms with van der Waals surface area (Å²) >= 11 is 1.71. The number of carbonyl (C=O) groups excluding carboxylic acids is 1. The Balaban J connectivity index is 1.93. The first-order valence-corrected chi connectivity index (χ1v) is 7.06. The molecule has 3 rings (SSSR count). The number of aryl methyl sites for hydroxylation is 2. The highest BCUT2D eigenvalue weighted by Gasteiger charge is 2.22. The molecular formula is C13H15N3O2S. The molecule has 6 heteroatoms. The second kappa shape index (κ2) is 4.77. The predicted octanol–water partition coefficient (Wildman–Crippen LogP) is 1.65. The number of likely N-dealkylation sites (N-methyl/N-ethyl adjacent to an activating group) is 1. The molecule has 2 heterocycles. The van der Waals surface area contributed by atoms with Crippen LogP contribution >= 0.6 is 11.3 Å². The second-order valence-corrected chi connectivity index (χ2v) is 5.88. The minimum atomic E-state index is -0.0707. The fraction of sp³-hybridized carbons (Fsp3) is 0.462. The summed E-state index contributed by atoms with van der Waals surface area (Å²) in [5, 5.41) is 1.01. The fourth-order valence-electron chi connectivity index (χ4n) is 2.27. The molecule has 0 aliphatic heterocycles. The van der Waals surface area contributed by atoms with Crippen LogP contribution in [0.25, 0.3) is 10.2 Å². The average molecular weight is 277 g/mol. The van der Waals surface area contributed by atoms with Gasteiger partial charge in [0.2, 0.25) is 5.88 Å². The second-order valence-electron chi connectivity index (χ2n) is 4.79. The minimum absolute atomic E-state index is 0.0176. The molecule has 5 nitrogen and oxygen atoms in total. The molecule has 0 saturated carbocycles. The zero-order valence-electron chi connectivity index (χ0n) is 11.0. The molecule has 1 aliphatic carbocycles. The monoisotopic (exact) mass is 277 g/mol. The first-order chi connectivity index (χ1) is 9.16. The Morgan fingerprint density at radius 3 is 3.05 bits per heavy atom. The summed E-state index contributed by atoms with van der Waals surface area (Å²) in [7, 11) is 3.42. The van der Waals surface area contributed by atoms with Crippen molar-refractivity contribution in [1.29, 1.82) is 0 Å². The molecule has 100 valence electrons. The quantitative estimate of drug-likeness (QED) is 0.856. The molecular weight excluding hydrogens is 262 g/mol. The Labute approximate surface area is 115 Å². The molecule has 19 heavy (non-hydrogen) atoms. The van der Waals surface area contributed by atoms with Crippen LogP contribution in [0.4, 0.5) is 0 Å². The van der Waals surface area contributed by atoms with Gasteiger partial charge in [0, 0.05) is 19.0 Å². The number of hydrogen-bond donors (Lipinski definition) is 0. The van der Waals surface area contributed by atoms with E-state index in [1.807, 2.05) is 0 Å². The van der Waals surface area contributed by atoms with Crippen LogP contribution in [0.15, 0.2) is 6.33 Å². The van der Waals surface area contributed by atoms with Crippen LogP contribution in [0.3, 0.4) is 0 Å². The SMILES string of the molecule is CN(C)C(=O)COc1ncnc2sc3c(c12)CCC3. The van der Waals surface area contributed by atoms with E-state index in [9.17, 15) is 4.79 Å². The highest BCUT2D eigenvalue weighted by molar-refractivity contribution is 7.18. The molecule has 1 aliphatic rings. The summed E-state index contributed by atoms with van der Waals surface area (Å²) in [6, 6.07) is 0. The highest BCUT2D eigenvalue weighted by Crippen LogP contribution is 2.39. The molecule has 0 saturated heterocycles. The van der Waals surface area contributed by atoms with Gasteiger partial charge < -0.3 is 9.64 Å². The molecule has 0 radical (unpaired) electrons. The van der Waals surface area contributed by atoms with Crippen molar-refractivity contribution in [3.8, 4) is 5.88 Å². The molecule has 0 fully saturated rings. The Hall–Kier alpha value is -1.69. The van der Waals surface area contributed by atoms with Gasteiger partial charge in [-0.2, -0.15) is 0 Å². The standard InChI is InChI=1S/C13H15N3O2S/c1-16(2)10(17)6-18-12-11-8-4-3-5-9(8)19-13(11)15-7-14-12/h7H,3-6H2,1-2H3. The summed E-state index contributed by atoms with van der Waals surface area (Å²) in [6.45, 7) is 0.0176. The highest BCUT2D eigenvalue weighted by atomic mass is 32.1. The molecule has 0 N–H and O–H groups in total.